The molecule has 0 aliphatic rings. The molecule has 7 nitrogen and oxygen atoms in total. The van der Waals surface area contributed by atoms with Crippen molar-refractivity contribution in [1.29, 1.82) is 0 Å². The van der Waals surface area contributed by atoms with Gasteiger partial charge in [-0.15, -0.1) is 0 Å². The van der Waals surface area contributed by atoms with Gasteiger partial charge >= 0.3 is 11.9 Å². The number of rotatable bonds is 2. The molecule has 9 heteroatoms. The summed E-state index contributed by atoms with van der Waals surface area (Å²) in [5, 5.41) is 27.2. The lowest BCUT2D eigenvalue weighted by Crippen LogP contribution is -1.94. The zero-order valence-corrected chi connectivity index (χ0v) is 14.4. The average molecular weight is 388 g/mol. The van der Waals surface area contributed by atoms with Crippen molar-refractivity contribution in [3.8, 4) is 5.75 Å². The number of aromatic amines is 2. The second-order valence-corrected chi connectivity index (χ2v) is 6.01. The number of carbonyl (C=O) groups is 2. The van der Waals surface area contributed by atoms with Gasteiger partial charge in [-0.05, 0) is 30.7 Å². The second-order valence-electron chi connectivity index (χ2n) is 6.01. The lowest BCUT2D eigenvalue weighted by Gasteiger charge is -1.97. The fraction of sp³-hybridized carbons (Fsp3) is 0.0526. The first-order chi connectivity index (χ1) is 13.2. The topological polar surface area (TPSA) is 126 Å². The summed E-state index contributed by atoms with van der Waals surface area (Å²) in [6.07, 6.45) is 2.62. The molecule has 0 saturated heterocycles. The van der Waals surface area contributed by atoms with Crippen LogP contribution in [-0.2, 0) is 0 Å². The molecule has 2 aromatic heterocycles. The zero-order valence-electron chi connectivity index (χ0n) is 14.4. The largest absolute Gasteiger partial charge is 0.505 e. The van der Waals surface area contributed by atoms with E-state index in [1.54, 1.807) is 13.0 Å². The smallest absolute Gasteiger partial charge is 0.337 e. The molecule has 0 atom stereocenters. The van der Waals surface area contributed by atoms with Gasteiger partial charge in [-0.1, -0.05) is 0 Å². The van der Waals surface area contributed by atoms with Crippen LogP contribution in [0.2, 0.25) is 0 Å². The third-order valence-electron chi connectivity index (χ3n) is 4.17. The molecule has 0 radical (unpaired) electrons. The Bertz CT molecular complexity index is 1130. The lowest BCUT2D eigenvalue weighted by molar-refractivity contribution is 0.0688. The van der Waals surface area contributed by atoms with Gasteiger partial charge in [0.05, 0.1) is 16.6 Å². The summed E-state index contributed by atoms with van der Waals surface area (Å²) in [6.45, 7) is 1.63. The number of phenols is 1. The predicted molar refractivity (Wildman–Crippen MR) is 96.8 cm³/mol. The van der Waals surface area contributed by atoms with Crippen molar-refractivity contribution in [1.82, 2.24) is 9.97 Å². The molecule has 0 fully saturated rings. The Balaban J connectivity index is 0.000000161. The van der Waals surface area contributed by atoms with E-state index in [-0.39, 0.29) is 22.3 Å². The molecule has 144 valence electrons. The van der Waals surface area contributed by atoms with Crippen LogP contribution in [-0.4, -0.2) is 37.2 Å². The van der Waals surface area contributed by atoms with E-state index in [9.17, 15) is 18.4 Å². The maximum atomic E-state index is 13.2. The van der Waals surface area contributed by atoms with E-state index >= 15 is 0 Å². The van der Waals surface area contributed by atoms with Gasteiger partial charge in [0.2, 0.25) is 0 Å². The zero-order chi connectivity index (χ0) is 20.6. The fourth-order valence-corrected chi connectivity index (χ4v) is 2.74. The number of benzene rings is 2. The monoisotopic (exact) mass is 388 g/mol. The number of H-pyrrole nitrogens is 2. The number of phenolic OH excluding ortho intramolecular Hbond substituents is 1. The van der Waals surface area contributed by atoms with E-state index < -0.39 is 23.5 Å². The maximum absolute atomic E-state index is 13.2. The van der Waals surface area contributed by atoms with Gasteiger partial charge in [0.25, 0.3) is 0 Å². The van der Waals surface area contributed by atoms with Crippen molar-refractivity contribution in [2.45, 2.75) is 6.92 Å². The number of carboxylic acid groups (broad SMARTS) is 2. The molecule has 0 bridgehead atoms. The summed E-state index contributed by atoms with van der Waals surface area (Å²) >= 11 is 0. The van der Waals surface area contributed by atoms with Crippen molar-refractivity contribution in [2.75, 3.05) is 0 Å². The lowest BCUT2D eigenvalue weighted by atomic mass is 10.1. The Kier molecular flexibility index (Phi) is 4.74. The van der Waals surface area contributed by atoms with E-state index in [1.807, 2.05) is 0 Å². The summed E-state index contributed by atoms with van der Waals surface area (Å²) in [7, 11) is 0. The van der Waals surface area contributed by atoms with E-state index in [4.69, 9.17) is 15.3 Å². The van der Waals surface area contributed by atoms with Crippen molar-refractivity contribution < 1.29 is 33.7 Å². The minimum Gasteiger partial charge on any atom is -0.505 e. The minimum atomic E-state index is -1.14. The Morgan fingerprint density at radius 2 is 1.29 bits per heavy atom. The number of aromatic carboxylic acids is 2. The Morgan fingerprint density at radius 3 is 1.79 bits per heavy atom. The fourth-order valence-electron chi connectivity index (χ4n) is 2.74. The van der Waals surface area contributed by atoms with E-state index in [0.29, 0.717) is 22.0 Å². The van der Waals surface area contributed by atoms with Gasteiger partial charge < -0.3 is 25.3 Å². The molecule has 0 amide bonds. The van der Waals surface area contributed by atoms with Gasteiger partial charge in [-0.2, -0.15) is 0 Å². The Hall–Kier alpha value is -3.88. The molecule has 0 unspecified atom stereocenters. The first-order valence-electron chi connectivity index (χ1n) is 7.92. The number of carboxylic acids is 2. The molecule has 28 heavy (non-hydrogen) atoms. The van der Waals surface area contributed by atoms with Crippen LogP contribution >= 0.6 is 0 Å². The highest BCUT2D eigenvalue weighted by molar-refractivity contribution is 6.04. The molecule has 0 aliphatic heterocycles. The summed E-state index contributed by atoms with van der Waals surface area (Å²) in [5.74, 6) is -3.92. The normalized spacial score (nSPS) is 10.7. The number of aromatic hydroxyl groups is 1. The van der Waals surface area contributed by atoms with Gasteiger partial charge in [0, 0.05) is 34.7 Å². The summed E-state index contributed by atoms with van der Waals surface area (Å²) < 4.78 is 26.1. The molecular formula is C19H14F2N2O5. The van der Waals surface area contributed by atoms with E-state index in [0.717, 1.165) is 12.1 Å². The van der Waals surface area contributed by atoms with Crippen molar-refractivity contribution >= 4 is 33.7 Å². The van der Waals surface area contributed by atoms with Crippen LogP contribution in [0.4, 0.5) is 8.78 Å². The third-order valence-corrected chi connectivity index (χ3v) is 4.17. The molecule has 4 rings (SSSR count). The minimum absolute atomic E-state index is 0.0149. The standard InChI is InChI=1S/C10H8FNO2.C9H6FNO3/c1-5-2-9-6(3-8(5)11)7(4-12-9)10(13)14;10-6-1-4-5(9(13)14)3-11-7(4)2-8(6)12/h2-4,12H,1H3,(H,13,14);1-3,11-12H,(H,13,14). The van der Waals surface area contributed by atoms with Crippen LogP contribution in [0.3, 0.4) is 0 Å². The van der Waals surface area contributed by atoms with Crippen LogP contribution in [0.25, 0.3) is 21.8 Å². The number of hydrogen-bond acceptors (Lipinski definition) is 3. The molecule has 2 aromatic carbocycles. The van der Waals surface area contributed by atoms with Gasteiger partial charge in [-0.3, -0.25) is 0 Å². The van der Waals surface area contributed by atoms with Crippen LogP contribution in [0.1, 0.15) is 26.3 Å². The van der Waals surface area contributed by atoms with Crippen molar-refractivity contribution in [3.05, 3.63) is 65.0 Å². The quantitative estimate of drug-likeness (QED) is 0.354. The molecule has 0 spiro atoms. The number of fused-ring (bicyclic) bond motifs is 2. The summed E-state index contributed by atoms with van der Waals surface area (Å²) in [5.41, 5.74) is 1.61. The first-order valence-corrected chi connectivity index (χ1v) is 7.92. The van der Waals surface area contributed by atoms with E-state index in [1.165, 1.54) is 18.5 Å². The van der Waals surface area contributed by atoms with Crippen molar-refractivity contribution in [3.63, 3.8) is 0 Å². The first kappa shape index (κ1) is 18.9. The SMILES string of the molecule is Cc1cc2[nH]cc(C(=O)O)c2cc1F.O=C(O)c1c[nH]c2cc(O)c(F)cc12. The van der Waals surface area contributed by atoms with Crippen LogP contribution < -0.4 is 0 Å². The number of nitrogens with one attached hydrogen (secondary N) is 2. The molecule has 0 saturated carbocycles. The molecular weight excluding hydrogens is 374 g/mol. The maximum Gasteiger partial charge on any atom is 0.337 e. The molecule has 4 aromatic rings. The highest BCUT2D eigenvalue weighted by Gasteiger charge is 2.13. The van der Waals surface area contributed by atoms with E-state index in [2.05, 4.69) is 9.97 Å². The van der Waals surface area contributed by atoms with Crippen LogP contribution in [0.15, 0.2) is 36.7 Å². The Labute approximate surface area is 155 Å². The Morgan fingerprint density at radius 1 is 0.821 bits per heavy atom. The molecule has 2 heterocycles. The van der Waals surface area contributed by atoms with Gasteiger partial charge in [0.15, 0.2) is 11.6 Å². The van der Waals surface area contributed by atoms with Crippen molar-refractivity contribution in [2.24, 2.45) is 0 Å². The van der Waals surface area contributed by atoms with Crippen LogP contribution in [0, 0.1) is 18.6 Å². The molecule has 5 N–H and O–H groups in total. The second kappa shape index (κ2) is 7.03. The molecule has 0 aliphatic carbocycles. The summed E-state index contributed by atoms with van der Waals surface area (Å²) in [4.78, 5) is 26.8. The number of hydrogen-bond donors (Lipinski definition) is 5. The average Bonchev–Trinajstić information content (AvgIpc) is 3.20. The van der Waals surface area contributed by atoms with Gasteiger partial charge in [0.1, 0.15) is 5.82 Å². The predicted octanol–water partition coefficient (Wildman–Crippen LogP) is 4.02. The summed E-state index contributed by atoms with van der Waals surface area (Å²) in [6, 6.07) is 4.98. The number of aryl methyl sites for hydroxylation is 1. The van der Waals surface area contributed by atoms with Gasteiger partial charge in [-0.25, -0.2) is 18.4 Å². The number of aromatic nitrogens is 2. The number of halogens is 2. The van der Waals surface area contributed by atoms with Crippen LogP contribution in [0.5, 0.6) is 5.75 Å². The highest BCUT2D eigenvalue weighted by atomic mass is 19.1. The third kappa shape index (κ3) is 3.37. The highest BCUT2D eigenvalue weighted by Crippen LogP contribution is 2.25.